The maximum absolute atomic E-state index is 12.3. The van der Waals surface area contributed by atoms with Gasteiger partial charge in [-0.05, 0) is 19.9 Å². The third-order valence-corrected chi connectivity index (χ3v) is 5.44. The number of hydrogen-bond acceptors (Lipinski definition) is 4. The standard InChI is InChI=1S/C11H18N2O2S2/c1-8(2)7-13(4)17(14,15)11-5-10(6-12)16-9(11)3/h5H,1,6-7,12H2,2-4H3. The second-order valence-corrected chi connectivity index (χ2v) is 7.41. The summed E-state index contributed by atoms with van der Waals surface area (Å²) in [5.74, 6) is 0. The SMILES string of the molecule is C=C(C)CN(C)S(=O)(=O)c1cc(CN)sc1C. The van der Waals surface area contributed by atoms with E-state index in [4.69, 9.17) is 5.73 Å². The summed E-state index contributed by atoms with van der Waals surface area (Å²) in [5.41, 5.74) is 6.33. The molecule has 0 aliphatic rings. The van der Waals surface area contributed by atoms with Gasteiger partial charge >= 0.3 is 0 Å². The lowest BCUT2D eigenvalue weighted by Gasteiger charge is -2.16. The highest BCUT2D eigenvalue weighted by Gasteiger charge is 2.24. The normalized spacial score (nSPS) is 12.1. The number of aryl methyl sites for hydroxylation is 1. The van der Waals surface area contributed by atoms with Crippen LogP contribution < -0.4 is 5.73 Å². The first kappa shape index (κ1) is 14.4. The van der Waals surface area contributed by atoms with Crippen molar-refractivity contribution in [3.8, 4) is 0 Å². The Bertz CT molecular complexity index is 518. The van der Waals surface area contributed by atoms with Crippen molar-refractivity contribution in [3.63, 3.8) is 0 Å². The summed E-state index contributed by atoms with van der Waals surface area (Å²) < 4.78 is 25.8. The third kappa shape index (κ3) is 3.16. The molecule has 1 aromatic rings. The molecule has 0 aliphatic heterocycles. The lowest BCUT2D eigenvalue weighted by Crippen LogP contribution is -2.28. The van der Waals surface area contributed by atoms with Crippen LogP contribution in [0, 0.1) is 6.92 Å². The number of likely N-dealkylation sites (N-methyl/N-ethyl adjacent to an activating group) is 1. The van der Waals surface area contributed by atoms with Gasteiger partial charge in [0.15, 0.2) is 0 Å². The van der Waals surface area contributed by atoms with E-state index in [1.807, 2.05) is 0 Å². The predicted molar refractivity (Wildman–Crippen MR) is 71.6 cm³/mol. The molecule has 0 radical (unpaired) electrons. The minimum atomic E-state index is -3.43. The van der Waals surface area contributed by atoms with Crippen LogP contribution in [0.3, 0.4) is 0 Å². The van der Waals surface area contributed by atoms with Crippen molar-refractivity contribution in [2.45, 2.75) is 25.3 Å². The number of rotatable bonds is 5. The maximum Gasteiger partial charge on any atom is 0.244 e. The van der Waals surface area contributed by atoms with E-state index in [0.29, 0.717) is 18.0 Å². The van der Waals surface area contributed by atoms with Crippen LogP contribution in [0.25, 0.3) is 0 Å². The number of nitrogens with two attached hydrogens (primary N) is 1. The van der Waals surface area contributed by atoms with Gasteiger partial charge in [0.25, 0.3) is 0 Å². The Morgan fingerprint density at radius 1 is 1.59 bits per heavy atom. The lowest BCUT2D eigenvalue weighted by atomic mass is 10.4. The Kier molecular flexibility index (Phi) is 4.48. The van der Waals surface area contributed by atoms with E-state index in [1.165, 1.54) is 15.6 Å². The van der Waals surface area contributed by atoms with E-state index < -0.39 is 10.0 Å². The first-order chi connectivity index (χ1) is 7.78. The molecular formula is C11H18N2O2S2. The van der Waals surface area contributed by atoms with E-state index in [0.717, 1.165) is 15.3 Å². The van der Waals surface area contributed by atoms with Gasteiger partial charge in [0.2, 0.25) is 10.0 Å². The fourth-order valence-corrected chi connectivity index (χ4v) is 4.22. The fourth-order valence-electron chi connectivity index (χ4n) is 1.51. The third-order valence-electron chi connectivity index (χ3n) is 2.31. The maximum atomic E-state index is 12.3. The van der Waals surface area contributed by atoms with E-state index in [9.17, 15) is 8.42 Å². The second-order valence-electron chi connectivity index (χ2n) is 4.06. The first-order valence-electron chi connectivity index (χ1n) is 5.19. The van der Waals surface area contributed by atoms with Crippen LogP contribution in [-0.4, -0.2) is 26.3 Å². The molecule has 1 heterocycles. The quantitative estimate of drug-likeness (QED) is 0.831. The molecule has 0 saturated heterocycles. The molecule has 0 bridgehead atoms. The van der Waals surface area contributed by atoms with Gasteiger partial charge in [-0.2, -0.15) is 4.31 Å². The zero-order chi connectivity index (χ0) is 13.2. The van der Waals surface area contributed by atoms with Crippen LogP contribution in [0.2, 0.25) is 0 Å². The highest BCUT2D eigenvalue weighted by molar-refractivity contribution is 7.89. The molecule has 0 amide bonds. The smallest absolute Gasteiger partial charge is 0.244 e. The van der Waals surface area contributed by atoms with Gasteiger partial charge in [0.05, 0.1) is 4.90 Å². The van der Waals surface area contributed by atoms with Crippen LogP contribution >= 0.6 is 11.3 Å². The number of thiophene rings is 1. The minimum absolute atomic E-state index is 0.329. The molecule has 0 saturated carbocycles. The molecule has 17 heavy (non-hydrogen) atoms. The largest absolute Gasteiger partial charge is 0.326 e. The Balaban J connectivity index is 3.12. The van der Waals surface area contributed by atoms with E-state index in [1.54, 1.807) is 27.0 Å². The zero-order valence-corrected chi connectivity index (χ0v) is 12.0. The number of hydrogen-bond donors (Lipinski definition) is 1. The van der Waals surface area contributed by atoms with E-state index in [-0.39, 0.29) is 0 Å². The average molecular weight is 274 g/mol. The van der Waals surface area contributed by atoms with Crippen molar-refractivity contribution in [3.05, 3.63) is 28.0 Å². The summed E-state index contributed by atoms with van der Waals surface area (Å²) in [6.07, 6.45) is 0. The molecule has 0 atom stereocenters. The summed E-state index contributed by atoms with van der Waals surface area (Å²) >= 11 is 1.42. The monoisotopic (exact) mass is 274 g/mol. The number of nitrogens with zero attached hydrogens (tertiary/aromatic N) is 1. The van der Waals surface area contributed by atoms with Crippen molar-refractivity contribution in [1.82, 2.24) is 4.31 Å². The molecule has 1 rings (SSSR count). The Morgan fingerprint density at radius 3 is 2.59 bits per heavy atom. The van der Waals surface area contributed by atoms with Gasteiger partial charge < -0.3 is 5.73 Å². The van der Waals surface area contributed by atoms with Crippen molar-refractivity contribution in [1.29, 1.82) is 0 Å². The van der Waals surface area contributed by atoms with Crippen LogP contribution in [-0.2, 0) is 16.6 Å². The highest BCUT2D eigenvalue weighted by Crippen LogP contribution is 2.27. The molecule has 4 nitrogen and oxygen atoms in total. The summed E-state index contributed by atoms with van der Waals surface area (Å²) in [7, 11) is -1.87. The van der Waals surface area contributed by atoms with Crippen molar-refractivity contribution in [2.75, 3.05) is 13.6 Å². The Labute approximate surface area is 107 Å². The average Bonchev–Trinajstić information content (AvgIpc) is 2.59. The summed E-state index contributed by atoms with van der Waals surface area (Å²) in [6, 6.07) is 1.66. The van der Waals surface area contributed by atoms with Crippen molar-refractivity contribution >= 4 is 21.4 Å². The Hall–Kier alpha value is -0.690. The molecule has 96 valence electrons. The molecule has 2 N–H and O–H groups in total. The summed E-state index contributed by atoms with van der Waals surface area (Å²) in [4.78, 5) is 2.01. The van der Waals surface area contributed by atoms with Gasteiger partial charge in [-0.1, -0.05) is 12.2 Å². The molecule has 1 aromatic heterocycles. The van der Waals surface area contributed by atoms with Crippen LogP contribution in [0.1, 0.15) is 16.7 Å². The second kappa shape index (κ2) is 5.30. The van der Waals surface area contributed by atoms with Gasteiger partial charge in [-0.3, -0.25) is 0 Å². The predicted octanol–water partition coefficient (Wildman–Crippen LogP) is 1.71. The Morgan fingerprint density at radius 2 is 2.18 bits per heavy atom. The van der Waals surface area contributed by atoms with Crippen molar-refractivity contribution in [2.24, 2.45) is 5.73 Å². The van der Waals surface area contributed by atoms with Crippen molar-refractivity contribution < 1.29 is 8.42 Å². The van der Waals surface area contributed by atoms with Crippen LogP contribution in [0.5, 0.6) is 0 Å². The molecule has 0 aromatic carbocycles. The highest BCUT2D eigenvalue weighted by atomic mass is 32.2. The number of sulfonamides is 1. The molecule has 0 unspecified atom stereocenters. The molecule has 0 fully saturated rings. The van der Waals surface area contributed by atoms with Crippen LogP contribution in [0.4, 0.5) is 0 Å². The molecule has 0 spiro atoms. The van der Waals surface area contributed by atoms with Gasteiger partial charge in [-0.15, -0.1) is 11.3 Å². The van der Waals surface area contributed by atoms with Gasteiger partial charge in [0.1, 0.15) is 0 Å². The minimum Gasteiger partial charge on any atom is -0.326 e. The molecule has 6 heteroatoms. The van der Waals surface area contributed by atoms with E-state index >= 15 is 0 Å². The van der Waals surface area contributed by atoms with E-state index in [2.05, 4.69) is 6.58 Å². The summed E-state index contributed by atoms with van der Waals surface area (Å²) in [5, 5.41) is 0. The summed E-state index contributed by atoms with van der Waals surface area (Å²) in [6.45, 7) is 8.02. The van der Waals surface area contributed by atoms with Gasteiger partial charge in [0, 0.05) is 29.9 Å². The van der Waals surface area contributed by atoms with Gasteiger partial charge in [-0.25, -0.2) is 8.42 Å². The molecular weight excluding hydrogens is 256 g/mol. The molecule has 0 aliphatic carbocycles. The topological polar surface area (TPSA) is 63.4 Å². The lowest BCUT2D eigenvalue weighted by molar-refractivity contribution is 0.493. The fraction of sp³-hybridized carbons (Fsp3) is 0.455. The first-order valence-corrected chi connectivity index (χ1v) is 7.44. The van der Waals surface area contributed by atoms with Crippen LogP contribution in [0.15, 0.2) is 23.1 Å². The zero-order valence-electron chi connectivity index (χ0n) is 10.4.